The average Bonchev–Trinajstić information content (AvgIpc) is 3.39. The second kappa shape index (κ2) is 8.92. The van der Waals surface area contributed by atoms with Crippen molar-refractivity contribution in [2.75, 3.05) is 44.8 Å². The lowest BCUT2D eigenvalue weighted by Crippen LogP contribution is -2.36. The Morgan fingerprint density at radius 3 is 2.83 bits per heavy atom. The number of nitrogens with zero attached hydrogens (tertiary/aromatic N) is 5. The molecule has 3 aliphatic rings. The number of likely N-dealkylation sites (tertiary alicyclic amines) is 1. The second-order valence-corrected chi connectivity index (χ2v) is 10.9. The molecule has 2 aromatic heterocycles. The molecule has 1 saturated heterocycles. The third-order valence-corrected chi connectivity index (χ3v) is 8.06. The number of hydrogen-bond acceptors (Lipinski definition) is 8. The molecule has 4 N–H and O–H groups in total. The fraction of sp³-hybridized carbons (Fsp3) is 0.538. The predicted molar refractivity (Wildman–Crippen MR) is 138 cm³/mol. The zero-order valence-corrected chi connectivity index (χ0v) is 21.0. The van der Waals surface area contributed by atoms with Crippen LogP contribution in [0, 0.1) is 11.3 Å². The van der Waals surface area contributed by atoms with Crippen LogP contribution in [0.5, 0.6) is 5.75 Å². The Morgan fingerprint density at radius 1 is 1.28 bits per heavy atom. The Morgan fingerprint density at radius 2 is 2.11 bits per heavy atom. The molecule has 2 aliphatic carbocycles. The summed E-state index contributed by atoms with van der Waals surface area (Å²) in [6.45, 7) is 3.20. The largest absolute Gasteiger partial charge is 0.496 e. The highest BCUT2D eigenvalue weighted by Crippen LogP contribution is 2.63. The first-order valence-corrected chi connectivity index (χ1v) is 12.8. The quantitative estimate of drug-likeness (QED) is 0.440. The number of aromatic nitrogens is 4. The zero-order valence-electron chi connectivity index (χ0n) is 21.0. The minimum Gasteiger partial charge on any atom is -0.496 e. The molecule has 2 saturated carbocycles. The molecule has 1 aromatic carbocycles. The lowest BCUT2D eigenvalue weighted by atomic mass is 9.72. The molecule has 1 spiro atoms. The van der Waals surface area contributed by atoms with Crippen LogP contribution in [0.15, 0.2) is 24.4 Å². The molecule has 10 heteroatoms. The molecule has 36 heavy (non-hydrogen) atoms. The molecule has 1 atom stereocenters. The summed E-state index contributed by atoms with van der Waals surface area (Å²) in [5, 5.41) is 11.2. The van der Waals surface area contributed by atoms with Gasteiger partial charge in [0, 0.05) is 30.3 Å². The van der Waals surface area contributed by atoms with Crippen LogP contribution in [0.3, 0.4) is 0 Å². The zero-order chi connectivity index (χ0) is 24.9. The van der Waals surface area contributed by atoms with E-state index in [1.807, 2.05) is 16.8 Å². The van der Waals surface area contributed by atoms with E-state index in [0.717, 1.165) is 37.1 Å². The van der Waals surface area contributed by atoms with E-state index in [1.165, 1.54) is 25.7 Å². The number of carbonyl (C=O) groups excluding carboxylic acids is 1. The summed E-state index contributed by atoms with van der Waals surface area (Å²) in [5.74, 6) is 2.19. The van der Waals surface area contributed by atoms with Gasteiger partial charge in [0.2, 0.25) is 5.95 Å². The van der Waals surface area contributed by atoms with Gasteiger partial charge in [-0.15, -0.1) is 0 Å². The summed E-state index contributed by atoms with van der Waals surface area (Å²) in [6.07, 6.45) is 8.07. The first kappa shape index (κ1) is 23.0. The molecule has 0 bridgehead atoms. The van der Waals surface area contributed by atoms with Crippen molar-refractivity contribution in [2.24, 2.45) is 11.3 Å². The van der Waals surface area contributed by atoms with E-state index in [-0.39, 0.29) is 17.9 Å². The summed E-state index contributed by atoms with van der Waals surface area (Å²) in [6, 6.07) is 5.75. The van der Waals surface area contributed by atoms with Crippen LogP contribution in [0.25, 0.3) is 11.0 Å². The Hall–Kier alpha value is -3.40. The van der Waals surface area contributed by atoms with Crippen molar-refractivity contribution < 1.29 is 9.53 Å². The maximum Gasteiger partial charge on any atom is 0.251 e. The Labute approximate surface area is 210 Å². The van der Waals surface area contributed by atoms with E-state index in [2.05, 4.69) is 37.6 Å². The number of methoxy groups -OCH3 is 1. The molecule has 3 heterocycles. The van der Waals surface area contributed by atoms with Crippen LogP contribution in [0.1, 0.15) is 48.0 Å². The van der Waals surface area contributed by atoms with Gasteiger partial charge >= 0.3 is 0 Å². The maximum absolute atomic E-state index is 12.8. The lowest BCUT2D eigenvalue weighted by Gasteiger charge is -2.36. The van der Waals surface area contributed by atoms with Crippen molar-refractivity contribution in [3.63, 3.8) is 0 Å². The summed E-state index contributed by atoms with van der Waals surface area (Å²) >= 11 is 0. The van der Waals surface area contributed by atoms with Gasteiger partial charge < -0.3 is 26.0 Å². The van der Waals surface area contributed by atoms with Crippen LogP contribution < -0.4 is 21.1 Å². The number of nitrogens with one attached hydrogen (secondary N) is 2. The highest BCUT2D eigenvalue weighted by atomic mass is 16.5. The number of carbonyl (C=O) groups is 1. The first-order valence-electron chi connectivity index (χ1n) is 12.8. The summed E-state index contributed by atoms with van der Waals surface area (Å²) in [4.78, 5) is 23.9. The Kier molecular flexibility index (Phi) is 5.70. The average molecular weight is 491 g/mol. The van der Waals surface area contributed by atoms with Crippen molar-refractivity contribution in [3.8, 4) is 5.75 Å². The molecule has 3 fully saturated rings. The monoisotopic (exact) mass is 490 g/mol. The van der Waals surface area contributed by atoms with Gasteiger partial charge in [-0.25, -0.2) is 4.98 Å². The van der Waals surface area contributed by atoms with Crippen molar-refractivity contribution in [1.82, 2.24) is 30.0 Å². The third kappa shape index (κ3) is 4.45. The Balaban J connectivity index is 1.20. The topological polar surface area (TPSA) is 123 Å². The fourth-order valence-corrected chi connectivity index (χ4v) is 5.89. The van der Waals surface area contributed by atoms with Gasteiger partial charge in [0.15, 0.2) is 5.82 Å². The van der Waals surface area contributed by atoms with Crippen LogP contribution in [0.4, 0.5) is 11.8 Å². The SMILES string of the molecule is COc1cc(C(=O)NC2CCN(C)C2)ccc1Cn1ncc2nc(N)nc(NCC3CC4(CC4)C3)c21. The van der Waals surface area contributed by atoms with Gasteiger partial charge in [-0.1, -0.05) is 6.07 Å². The smallest absolute Gasteiger partial charge is 0.251 e. The lowest BCUT2D eigenvalue weighted by molar-refractivity contribution is 0.0938. The normalized spacial score (nSPS) is 21.0. The number of fused-ring (bicyclic) bond motifs is 1. The summed E-state index contributed by atoms with van der Waals surface area (Å²) < 4.78 is 7.53. The predicted octanol–water partition coefficient (Wildman–Crippen LogP) is 2.50. The molecule has 1 unspecified atom stereocenters. The molecular formula is C26H34N8O2. The van der Waals surface area contributed by atoms with Crippen molar-refractivity contribution in [2.45, 2.75) is 44.7 Å². The number of hydrogen-bond donors (Lipinski definition) is 3. The van der Waals surface area contributed by atoms with E-state index in [4.69, 9.17) is 10.5 Å². The number of nitrogen functional groups attached to an aromatic ring is 1. The van der Waals surface area contributed by atoms with Gasteiger partial charge in [0.05, 0.1) is 19.9 Å². The molecule has 3 aromatic rings. The van der Waals surface area contributed by atoms with Gasteiger partial charge in [0.25, 0.3) is 5.91 Å². The van der Waals surface area contributed by atoms with Crippen LogP contribution >= 0.6 is 0 Å². The number of anilines is 2. The van der Waals surface area contributed by atoms with Gasteiger partial charge in [-0.05, 0) is 69.2 Å². The van der Waals surface area contributed by atoms with E-state index >= 15 is 0 Å². The minimum absolute atomic E-state index is 0.0796. The van der Waals surface area contributed by atoms with Gasteiger partial charge in [-0.2, -0.15) is 10.1 Å². The van der Waals surface area contributed by atoms with E-state index in [0.29, 0.717) is 40.5 Å². The standard InChI is InChI=1S/C26H34N8O2/c1-33-8-5-19(15-33)30-24(35)17-3-4-18(21(9-17)36-2)14-34-22-20(13-29-34)31-25(27)32-23(22)28-12-16-10-26(11-16)6-7-26/h3-4,9,13,16,19H,5-8,10-12,14-15H2,1-2H3,(H,30,35)(H3,27,28,31,32). The molecule has 0 radical (unpaired) electrons. The van der Waals surface area contributed by atoms with Crippen LogP contribution in [0.2, 0.25) is 0 Å². The molecule has 1 aliphatic heterocycles. The van der Waals surface area contributed by atoms with Crippen molar-refractivity contribution in [1.29, 1.82) is 0 Å². The first-order chi connectivity index (χ1) is 17.4. The van der Waals surface area contributed by atoms with Gasteiger partial charge in [-0.3, -0.25) is 9.48 Å². The third-order valence-electron chi connectivity index (χ3n) is 8.06. The molecule has 10 nitrogen and oxygen atoms in total. The number of amides is 1. The van der Waals surface area contributed by atoms with E-state index in [9.17, 15) is 4.79 Å². The summed E-state index contributed by atoms with van der Waals surface area (Å²) in [5.41, 5.74) is 9.68. The number of benzene rings is 1. The van der Waals surface area contributed by atoms with E-state index < -0.39 is 0 Å². The second-order valence-electron chi connectivity index (χ2n) is 10.9. The Bertz CT molecular complexity index is 1290. The molecule has 190 valence electrons. The van der Waals surface area contributed by atoms with Crippen LogP contribution in [-0.2, 0) is 6.54 Å². The number of nitrogens with two attached hydrogens (primary N) is 1. The van der Waals surface area contributed by atoms with Gasteiger partial charge in [0.1, 0.15) is 16.8 Å². The number of ether oxygens (including phenoxy) is 1. The number of likely N-dealkylation sites (N-methyl/N-ethyl adjacent to an activating group) is 1. The molecule has 6 rings (SSSR count). The highest BCUT2D eigenvalue weighted by Gasteiger charge is 2.52. The molecule has 1 amide bonds. The van der Waals surface area contributed by atoms with E-state index in [1.54, 1.807) is 19.4 Å². The number of rotatable bonds is 8. The van der Waals surface area contributed by atoms with Crippen molar-refractivity contribution >= 4 is 28.7 Å². The maximum atomic E-state index is 12.8. The van der Waals surface area contributed by atoms with Crippen LogP contribution in [-0.4, -0.2) is 70.4 Å². The minimum atomic E-state index is -0.0796. The molecular weight excluding hydrogens is 456 g/mol. The summed E-state index contributed by atoms with van der Waals surface area (Å²) in [7, 11) is 3.69. The fourth-order valence-electron chi connectivity index (χ4n) is 5.89. The highest BCUT2D eigenvalue weighted by molar-refractivity contribution is 5.95. The van der Waals surface area contributed by atoms with Crippen molar-refractivity contribution in [3.05, 3.63) is 35.5 Å².